The Morgan fingerprint density at radius 1 is 1.29 bits per heavy atom. The summed E-state index contributed by atoms with van der Waals surface area (Å²) >= 11 is 5.86. The van der Waals surface area contributed by atoms with Crippen LogP contribution < -0.4 is 15.4 Å². The average Bonchev–Trinajstić information content (AvgIpc) is 3.04. The van der Waals surface area contributed by atoms with E-state index in [1.165, 1.54) is 24.5 Å². The molecule has 2 N–H and O–H groups in total. The maximum absolute atomic E-state index is 13.5. The summed E-state index contributed by atoms with van der Waals surface area (Å²) in [6, 6.07) is 7.39. The predicted molar refractivity (Wildman–Crippen MR) is 129 cm³/mol. The molecular weight excluding hydrogens is 507 g/mol. The minimum atomic E-state index is -3.67. The van der Waals surface area contributed by atoms with Gasteiger partial charge in [0.2, 0.25) is 14.8 Å². The van der Waals surface area contributed by atoms with Gasteiger partial charge >= 0.3 is 0 Å². The van der Waals surface area contributed by atoms with Crippen molar-refractivity contribution in [2.75, 3.05) is 23.0 Å². The lowest BCUT2D eigenvalue weighted by Crippen LogP contribution is -2.22. The van der Waals surface area contributed by atoms with E-state index in [9.17, 15) is 21.8 Å². The van der Waals surface area contributed by atoms with E-state index in [-0.39, 0.29) is 23.6 Å². The molecule has 1 amide bonds. The van der Waals surface area contributed by atoms with E-state index in [0.29, 0.717) is 40.5 Å². The maximum atomic E-state index is 13.5. The highest BCUT2D eigenvalue weighted by Crippen LogP contribution is 2.34. The standard InChI is InChI=1S/C21H20ClFN4O5S2/c1-2-32-19-10-17-14(21(25-11-24-17)26-12-3-4-16(23)15(22)7-12)9-18(19)27-20(28)8-13-5-6-34(30,31)33(13)29/h3-4,7,9-11,13H,2,5-6,8H2,1H3,(H,27,28)(H,24,25,26). The van der Waals surface area contributed by atoms with Crippen molar-refractivity contribution in [2.24, 2.45) is 0 Å². The number of rotatable bonds is 7. The molecule has 0 spiro atoms. The molecule has 34 heavy (non-hydrogen) atoms. The van der Waals surface area contributed by atoms with Crippen LogP contribution in [-0.4, -0.2) is 46.1 Å². The topological polar surface area (TPSA) is 127 Å². The first-order valence-corrected chi connectivity index (χ1v) is 14.0. The third-order valence-corrected chi connectivity index (χ3v) is 10.4. The first kappa shape index (κ1) is 24.3. The molecule has 0 saturated carbocycles. The van der Waals surface area contributed by atoms with Crippen molar-refractivity contribution in [3.63, 3.8) is 0 Å². The van der Waals surface area contributed by atoms with E-state index in [2.05, 4.69) is 20.6 Å². The van der Waals surface area contributed by atoms with Crippen molar-refractivity contribution < 1.29 is 26.5 Å². The van der Waals surface area contributed by atoms with E-state index >= 15 is 0 Å². The number of ether oxygens (including phenoxy) is 1. The Kier molecular flexibility index (Phi) is 7.01. The number of benzene rings is 2. The number of nitrogens with one attached hydrogen (secondary N) is 2. The molecule has 180 valence electrons. The molecule has 2 heterocycles. The SMILES string of the molecule is CCOc1cc2ncnc(Nc3ccc(F)c(Cl)c3)c2cc1NC(=O)CC1CCS(=O)(=O)S1=O. The fourth-order valence-electron chi connectivity index (χ4n) is 3.51. The highest BCUT2D eigenvalue weighted by Gasteiger charge is 2.38. The first-order chi connectivity index (χ1) is 16.2. The van der Waals surface area contributed by atoms with Crippen molar-refractivity contribution >= 4 is 64.3 Å². The normalized spacial score (nSPS) is 19.1. The van der Waals surface area contributed by atoms with E-state index in [1.54, 1.807) is 19.1 Å². The second-order valence-corrected chi connectivity index (χ2v) is 13.1. The summed E-state index contributed by atoms with van der Waals surface area (Å²) in [6.07, 6.45) is 1.31. The second kappa shape index (κ2) is 9.80. The number of carbonyl (C=O) groups is 1. The lowest BCUT2D eigenvalue weighted by Gasteiger charge is -2.15. The molecule has 4 rings (SSSR count). The highest BCUT2D eigenvalue weighted by molar-refractivity contribution is 8.64. The van der Waals surface area contributed by atoms with Crippen LogP contribution in [0.3, 0.4) is 0 Å². The lowest BCUT2D eigenvalue weighted by molar-refractivity contribution is -0.116. The molecule has 2 aromatic carbocycles. The Balaban J connectivity index is 1.64. The summed E-state index contributed by atoms with van der Waals surface area (Å²) in [5.41, 5.74) is 1.34. The van der Waals surface area contributed by atoms with Gasteiger partial charge in [-0.2, -0.15) is 0 Å². The van der Waals surface area contributed by atoms with Crippen LogP contribution in [0, 0.1) is 5.82 Å². The maximum Gasteiger partial charge on any atom is 0.229 e. The summed E-state index contributed by atoms with van der Waals surface area (Å²) in [7, 11) is -5.77. The molecule has 1 aliphatic rings. The van der Waals surface area contributed by atoms with Crippen LogP contribution in [0.1, 0.15) is 19.8 Å². The van der Waals surface area contributed by atoms with Gasteiger partial charge in [-0.05, 0) is 37.6 Å². The van der Waals surface area contributed by atoms with Gasteiger partial charge in [0.25, 0.3) is 0 Å². The number of carbonyl (C=O) groups excluding carboxylic acids is 1. The van der Waals surface area contributed by atoms with Crippen LogP contribution >= 0.6 is 11.6 Å². The number of hydrogen-bond donors (Lipinski definition) is 2. The van der Waals surface area contributed by atoms with Crippen LogP contribution in [-0.2, 0) is 23.5 Å². The van der Waals surface area contributed by atoms with Crippen LogP contribution in [0.2, 0.25) is 5.02 Å². The molecule has 13 heteroatoms. The number of aromatic nitrogens is 2. The van der Waals surface area contributed by atoms with Gasteiger partial charge in [-0.3, -0.25) is 4.79 Å². The second-order valence-electron chi connectivity index (χ2n) is 7.46. The summed E-state index contributed by atoms with van der Waals surface area (Å²) in [5.74, 6) is -0.501. The van der Waals surface area contributed by atoms with Gasteiger partial charge in [-0.15, -0.1) is 0 Å². The molecule has 1 aromatic heterocycles. The minimum absolute atomic E-state index is 0.0544. The Morgan fingerprint density at radius 2 is 2.09 bits per heavy atom. The minimum Gasteiger partial charge on any atom is -0.492 e. The number of amides is 1. The summed E-state index contributed by atoms with van der Waals surface area (Å²) in [6.45, 7) is 2.11. The molecule has 1 fully saturated rings. The molecule has 0 radical (unpaired) electrons. The lowest BCUT2D eigenvalue weighted by atomic mass is 10.1. The van der Waals surface area contributed by atoms with Gasteiger partial charge in [0.1, 0.15) is 33.5 Å². The third-order valence-electron chi connectivity index (χ3n) is 5.12. The van der Waals surface area contributed by atoms with Crippen molar-refractivity contribution in [1.82, 2.24) is 9.97 Å². The quantitative estimate of drug-likeness (QED) is 0.446. The van der Waals surface area contributed by atoms with Crippen molar-refractivity contribution in [2.45, 2.75) is 25.0 Å². The number of nitrogens with zero attached hydrogens (tertiary/aromatic N) is 2. The molecule has 0 aliphatic carbocycles. The fourth-order valence-corrected chi connectivity index (χ4v) is 8.10. The van der Waals surface area contributed by atoms with E-state index in [4.69, 9.17) is 16.3 Å². The van der Waals surface area contributed by atoms with Gasteiger partial charge in [0.05, 0.1) is 33.8 Å². The molecule has 9 nitrogen and oxygen atoms in total. The van der Waals surface area contributed by atoms with Gasteiger partial charge in [0.15, 0.2) is 0 Å². The Bertz CT molecular complexity index is 1400. The van der Waals surface area contributed by atoms with E-state index < -0.39 is 35.7 Å². The molecule has 2 unspecified atom stereocenters. The molecular formula is C21H20ClFN4O5S2. The van der Waals surface area contributed by atoms with Crippen LogP contribution in [0.5, 0.6) is 5.75 Å². The fraction of sp³-hybridized carbons (Fsp3) is 0.286. The van der Waals surface area contributed by atoms with E-state index in [1.807, 2.05) is 0 Å². The molecule has 1 aliphatic heterocycles. The molecule has 2 atom stereocenters. The van der Waals surface area contributed by atoms with Crippen LogP contribution in [0.15, 0.2) is 36.7 Å². The molecule has 0 bridgehead atoms. The first-order valence-electron chi connectivity index (χ1n) is 10.2. The Hall–Kier alpha value is -2.83. The smallest absolute Gasteiger partial charge is 0.229 e. The van der Waals surface area contributed by atoms with Gasteiger partial charge in [-0.1, -0.05) is 11.6 Å². The zero-order chi connectivity index (χ0) is 24.5. The number of halogens is 2. The summed E-state index contributed by atoms with van der Waals surface area (Å²) in [4.78, 5) is 21.2. The average molecular weight is 527 g/mol. The number of hydrogen-bond acceptors (Lipinski definition) is 8. The zero-order valence-corrected chi connectivity index (χ0v) is 20.3. The van der Waals surface area contributed by atoms with Gasteiger partial charge in [0, 0.05) is 23.6 Å². The van der Waals surface area contributed by atoms with Crippen LogP contribution in [0.4, 0.5) is 21.6 Å². The summed E-state index contributed by atoms with van der Waals surface area (Å²) in [5, 5.41) is 5.50. The monoisotopic (exact) mass is 526 g/mol. The van der Waals surface area contributed by atoms with Crippen LogP contribution in [0.25, 0.3) is 10.9 Å². The Morgan fingerprint density at radius 3 is 2.76 bits per heavy atom. The predicted octanol–water partition coefficient (Wildman–Crippen LogP) is 3.74. The van der Waals surface area contributed by atoms with Crippen molar-refractivity contribution in [3.8, 4) is 5.75 Å². The van der Waals surface area contributed by atoms with E-state index in [0.717, 1.165) is 0 Å². The largest absolute Gasteiger partial charge is 0.492 e. The number of fused-ring (bicyclic) bond motifs is 1. The Labute approximate surface area is 201 Å². The van der Waals surface area contributed by atoms with Gasteiger partial charge in [-0.25, -0.2) is 27.0 Å². The number of anilines is 3. The van der Waals surface area contributed by atoms with Gasteiger partial charge < -0.3 is 15.4 Å². The molecule has 3 aromatic rings. The zero-order valence-electron chi connectivity index (χ0n) is 17.9. The van der Waals surface area contributed by atoms with Crippen molar-refractivity contribution in [1.29, 1.82) is 0 Å². The molecule has 1 saturated heterocycles. The highest BCUT2D eigenvalue weighted by atomic mass is 35.5. The summed E-state index contributed by atoms with van der Waals surface area (Å²) < 4.78 is 54.7. The van der Waals surface area contributed by atoms with Crippen molar-refractivity contribution in [3.05, 3.63) is 47.5 Å². The third kappa shape index (κ3) is 5.13.